The number of nitrogens with one attached hydrogen (secondary N) is 1. The highest BCUT2D eigenvalue weighted by Crippen LogP contribution is 2.19. The second-order valence-electron chi connectivity index (χ2n) is 5.01. The van der Waals surface area contributed by atoms with Crippen LogP contribution in [0.3, 0.4) is 0 Å². The van der Waals surface area contributed by atoms with Crippen LogP contribution in [0.1, 0.15) is 15.3 Å². The maximum Gasteiger partial charge on any atom is 0.242 e. The van der Waals surface area contributed by atoms with Crippen LogP contribution in [0.15, 0.2) is 41.3 Å². The lowest BCUT2D eigenvalue weighted by Crippen LogP contribution is -2.24. The SMILES string of the molecule is Cc1ccc(CNCc2ccccc2S(=O)(=O)N(C)C)s1. The van der Waals surface area contributed by atoms with Crippen molar-refractivity contribution in [2.24, 2.45) is 0 Å². The first-order chi connectivity index (χ1) is 9.91. The Balaban J connectivity index is 2.10. The van der Waals surface area contributed by atoms with Crippen LogP contribution in [0.5, 0.6) is 0 Å². The van der Waals surface area contributed by atoms with E-state index in [1.54, 1.807) is 37.6 Å². The monoisotopic (exact) mass is 324 g/mol. The molecule has 1 aromatic carbocycles. The molecule has 0 saturated heterocycles. The predicted octanol–water partition coefficient (Wildman–Crippen LogP) is 2.60. The van der Waals surface area contributed by atoms with E-state index in [1.807, 2.05) is 12.1 Å². The smallest absolute Gasteiger partial charge is 0.242 e. The van der Waals surface area contributed by atoms with E-state index in [4.69, 9.17) is 0 Å². The van der Waals surface area contributed by atoms with Gasteiger partial charge in [0, 0.05) is 36.9 Å². The van der Waals surface area contributed by atoms with Crippen LogP contribution in [0.4, 0.5) is 0 Å². The lowest BCUT2D eigenvalue weighted by molar-refractivity contribution is 0.518. The molecule has 0 bridgehead atoms. The molecule has 6 heteroatoms. The second kappa shape index (κ2) is 6.70. The third-order valence-corrected chi connectivity index (χ3v) is 6.06. The zero-order chi connectivity index (χ0) is 15.5. The second-order valence-corrected chi connectivity index (χ2v) is 8.50. The maximum atomic E-state index is 12.3. The van der Waals surface area contributed by atoms with Gasteiger partial charge in [-0.05, 0) is 30.7 Å². The minimum absolute atomic E-state index is 0.366. The summed E-state index contributed by atoms with van der Waals surface area (Å²) in [6.07, 6.45) is 0. The molecule has 0 fully saturated rings. The van der Waals surface area contributed by atoms with Crippen molar-refractivity contribution in [2.45, 2.75) is 24.9 Å². The van der Waals surface area contributed by atoms with Crippen molar-refractivity contribution < 1.29 is 8.42 Å². The van der Waals surface area contributed by atoms with Gasteiger partial charge >= 0.3 is 0 Å². The summed E-state index contributed by atoms with van der Waals surface area (Å²) in [5, 5.41) is 3.31. The number of sulfonamides is 1. The predicted molar refractivity (Wildman–Crippen MR) is 86.9 cm³/mol. The van der Waals surface area contributed by atoms with Gasteiger partial charge in [0.15, 0.2) is 0 Å². The summed E-state index contributed by atoms with van der Waals surface area (Å²) in [5.41, 5.74) is 0.791. The highest BCUT2D eigenvalue weighted by Gasteiger charge is 2.20. The summed E-state index contributed by atoms with van der Waals surface area (Å²) in [4.78, 5) is 2.90. The van der Waals surface area contributed by atoms with Gasteiger partial charge in [-0.25, -0.2) is 12.7 Å². The molecule has 0 amide bonds. The summed E-state index contributed by atoms with van der Waals surface area (Å²) >= 11 is 1.75. The van der Waals surface area contributed by atoms with Gasteiger partial charge in [0.25, 0.3) is 0 Å². The minimum atomic E-state index is -3.40. The molecule has 2 rings (SSSR count). The first-order valence-electron chi connectivity index (χ1n) is 6.67. The Kier molecular flexibility index (Phi) is 5.16. The maximum absolute atomic E-state index is 12.3. The van der Waals surface area contributed by atoms with Crippen LogP contribution in [-0.4, -0.2) is 26.8 Å². The molecule has 0 aliphatic rings. The van der Waals surface area contributed by atoms with Crippen molar-refractivity contribution in [1.29, 1.82) is 0 Å². The summed E-state index contributed by atoms with van der Waals surface area (Å²) in [6, 6.07) is 11.3. The Morgan fingerprint density at radius 3 is 2.43 bits per heavy atom. The fourth-order valence-electron chi connectivity index (χ4n) is 2.00. The van der Waals surface area contributed by atoms with Gasteiger partial charge in [-0.15, -0.1) is 11.3 Å². The Morgan fingerprint density at radius 1 is 1.10 bits per heavy atom. The zero-order valence-electron chi connectivity index (χ0n) is 12.5. The molecule has 1 N–H and O–H groups in total. The molecule has 0 saturated carbocycles. The highest BCUT2D eigenvalue weighted by atomic mass is 32.2. The van der Waals surface area contributed by atoms with Crippen molar-refractivity contribution in [3.05, 3.63) is 51.7 Å². The summed E-state index contributed by atoms with van der Waals surface area (Å²) < 4.78 is 25.8. The quantitative estimate of drug-likeness (QED) is 0.888. The van der Waals surface area contributed by atoms with E-state index in [2.05, 4.69) is 24.4 Å². The van der Waals surface area contributed by atoms with Gasteiger partial charge in [0.1, 0.15) is 0 Å². The molecule has 1 heterocycles. The molecule has 21 heavy (non-hydrogen) atoms. The van der Waals surface area contributed by atoms with Crippen LogP contribution < -0.4 is 5.32 Å². The van der Waals surface area contributed by atoms with E-state index < -0.39 is 10.0 Å². The topological polar surface area (TPSA) is 49.4 Å². The molecule has 1 aromatic heterocycles. The number of aryl methyl sites for hydroxylation is 1. The summed E-state index contributed by atoms with van der Waals surface area (Å²) in [7, 11) is -0.303. The molecule has 0 radical (unpaired) electrons. The van der Waals surface area contributed by atoms with E-state index in [1.165, 1.54) is 14.1 Å². The molecule has 114 valence electrons. The first-order valence-corrected chi connectivity index (χ1v) is 8.93. The number of hydrogen-bond acceptors (Lipinski definition) is 4. The van der Waals surface area contributed by atoms with Crippen molar-refractivity contribution in [2.75, 3.05) is 14.1 Å². The molecule has 0 unspecified atom stereocenters. The van der Waals surface area contributed by atoms with E-state index in [-0.39, 0.29) is 0 Å². The number of nitrogens with zero attached hydrogens (tertiary/aromatic N) is 1. The Morgan fingerprint density at radius 2 is 1.81 bits per heavy atom. The van der Waals surface area contributed by atoms with Gasteiger partial charge in [-0.1, -0.05) is 18.2 Å². The minimum Gasteiger partial charge on any atom is -0.308 e. The summed E-state index contributed by atoms with van der Waals surface area (Å²) in [5.74, 6) is 0. The van der Waals surface area contributed by atoms with Crippen molar-refractivity contribution >= 4 is 21.4 Å². The normalized spacial score (nSPS) is 12.0. The molecular weight excluding hydrogens is 304 g/mol. The van der Waals surface area contributed by atoms with Crippen LogP contribution >= 0.6 is 11.3 Å². The number of rotatable bonds is 6. The van der Waals surface area contributed by atoms with Crippen molar-refractivity contribution in [3.8, 4) is 0 Å². The van der Waals surface area contributed by atoms with E-state index in [9.17, 15) is 8.42 Å². The lowest BCUT2D eigenvalue weighted by atomic mass is 10.2. The Bertz CT molecular complexity index is 706. The van der Waals surface area contributed by atoms with Gasteiger partial charge in [0.2, 0.25) is 10.0 Å². The Labute approximate surface area is 130 Å². The molecule has 0 spiro atoms. The average Bonchev–Trinajstić information content (AvgIpc) is 2.85. The van der Waals surface area contributed by atoms with Crippen LogP contribution in [0.2, 0.25) is 0 Å². The molecule has 2 aromatic rings. The van der Waals surface area contributed by atoms with Gasteiger partial charge in [-0.2, -0.15) is 0 Å². The standard InChI is InChI=1S/C15H20N2O2S2/c1-12-8-9-14(20-12)11-16-10-13-6-4-5-7-15(13)21(18,19)17(2)3/h4-9,16H,10-11H2,1-3H3. The van der Waals surface area contributed by atoms with E-state index >= 15 is 0 Å². The van der Waals surface area contributed by atoms with Crippen LogP contribution in [0.25, 0.3) is 0 Å². The summed E-state index contributed by atoms with van der Waals surface area (Å²) in [6.45, 7) is 3.35. The number of thiophene rings is 1. The van der Waals surface area contributed by atoms with Crippen molar-refractivity contribution in [1.82, 2.24) is 9.62 Å². The number of benzene rings is 1. The lowest BCUT2D eigenvalue weighted by Gasteiger charge is -2.15. The van der Waals surface area contributed by atoms with Gasteiger partial charge in [0.05, 0.1) is 4.90 Å². The third-order valence-electron chi connectivity index (χ3n) is 3.14. The molecular formula is C15H20N2O2S2. The molecule has 0 aliphatic heterocycles. The van der Waals surface area contributed by atoms with E-state index in [0.29, 0.717) is 11.4 Å². The third kappa shape index (κ3) is 3.91. The van der Waals surface area contributed by atoms with Gasteiger partial charge in [-0.3, -0.25) is 0 Å². The molecule has 0 atom stereocenters. The van der Waals surface area contributed by atoms with E-state index in [0.717, 1.165) is 12.1 Å². The highest BCUT2D eigenvalue weighted by molar-refractivity contribution is 7.89. The van der Waals surface area contributed by atoms with Crippen LogP contribution in [0, 0.1) is 6.92 Å². The molecule has 4 nitrogen and oxygen atoms in total. The number of hydrogen-bond donors (Lipinski definition) is 1. The average molecular weight is 324 g/mol. The van der Waals surface area contributed by atoms with Gasteiger partial charge < -0.3 is 5.32 Å². The zero-order valence-corrected chi connectivity index (χ0v) is 14.1. The Hall–Kier alpha value is -1.21. The molecule has 0 aliphatic carbocycles. The first kappa shape index (κ1) is 16.2. The van der Waals surface area contributed by atoms with Crippen molar-refractivity contribution in [3.63, 3.8) is 0 Å². The van der Waals surface area contributed by atoms with Crippen LogP contribution in [-0.2, 0) is 23.1 Å². The fourth-order valence-corrected chi connectivity index (χ4v) is 3.97. The largest absolute Gasteiger partial charge is 0.308 e. The fraction of sp³-hybridized carbons (Fsp3) is 0.333.